The van der Waals surface area contributed by atoms with Crippen molar-refractivity contribution in [3.63, 3.8) is 0 Å². The van der Waals surface area contributed by atoms with Gasteiger partial charge in [0, 0.05) is 34.8 Å². The van der Waals surface area contributed by atoms with Gasteiger partial charge in [0.1, 0.15) is 6.04 Å². The van der Waals surface area contributed by atoms with Crippen LogP contribution in [-0.4, -0.2) is 34.6 Å². The highest BCUT2D eigenvalue weighted by molar-refractivity contribution is 7.99. The number of amides is 2. The Balaban J connectivity index is 1.56. The molecule has 0 aromatic heterocycles. The number of hydrogen-bond donors (Lipinski definition) is 1. The molecule has 0 heterocycles. The number of aryl methyl sites for hydroxylation is 1. The van der Waals surface area contributed by atoms with E-state index in [1.54, 1.807) is 17.0 Å². The summed E-state index contributed by atoms with van der Waals surface area (Å²) in [6.45, 7) is 2.41. The Kier molecular flexibility index (Phi) is 10.6. The first-order valence-electron chi connectivity index (χ1n) is 13.1. The number of halogens is 2. The number of carbonyl (C=O) groups is 2. The lowest BCUT2D eigenvalue weighted by atomic mass is 10.0. The van der Waals surface area contributed by atoms with Crippen LogP contribution in [0.25, 0.3) is 0 Å². The minimum atomic E-state index is -0.605. The largest absolute Gasteiger partial charge is 0.352 e. The van der Waals surface area contributed by atoms with Gasteiger partial charge in [-0.2, -0.15) is 0 Å². The van der Waals surface area contributed by atoms with Gasteiger partial charge in [0.15, 0.2) is 0 Å². The smallest absolute Gasteiger partial charge is 0.243 e. The Morgan fingerprint density at radius 2 is 1.68 bits per heavy atom. The molecule has 1 fully saturated rings. The van der Waals surface area contributed by atoms with E-state index in [9.17, 15) is 9.59 Å². The van der Waals surface area contributed by atoms with E-state index in [2.05, 4.69) is 5.32 Å². The number of nitrogens with one attached hydrogen (secondary N) is 1. The van der Waals surface area contributed by atoms with Crippen molar-refractivity contribution in [1.29, 1.82) is 0 Å². The van der Waals surface area contributed by atoms with Crippen molar-refractivity contribution in [2.75, 3.05) is 5.75 Å². The number of carbonyl (C=O) groups excluding carboxylic acids is 2. The zero-order valence-electron chi connectivity index (χ0n) is 21.7. The molecule has 0 unspecified atom stereocenters. The molecule has 1 aliphatic rings. The van der Waals surface area contributed by atoms with Crippen LogP contribution < -0.4 is 5.32 Å². The molecule has 7 heteroatoms. The maximum Gasteiger partial charge on any atom is 0.243 e. The average molecular weight is 570 g/mol. The monoisotopic (exact) mass is 568 g/mol. The van der Waals surface area contributed by atoms with Crippen LogP contribution in [0.1, 0.15) is 47.9 Å². The highest BCUT2D eigenvalue weighted by Crippen LogP contribution is 2.26. The summed E-state index contributed by atoms with van der Waals surface area (Å²) in [6, 6.07) is 23.1. The topological polar surface area (TPSA) is 49.4 Å². The number of thioether (sulfide) groups is 1. The second-order valence-corrected chi connectivity index (χ2v) is 11.8. The minimum Gasteiger partial charge on any atom is -0.352 e. The van der Waals surface area contributed by atoms with Crippen molar-refractivity contribution >= 4 is 46.8 Å². The predicted octanol–water partition coefficient (Wildman–Crippen LogP) is 7.23. The third-order valence-corrected chi connectivity index (χ3v) is 8.50. The maximum absolute atomic E-state index is 13.8. The standard InChI is InChI=1S/C31H34Cl2N2O2S/c1-22-11-13-24(14-12-22)19-35(30(36)21-38-20-25-15-16-26(32)18-28(25)33)29(17-23-7-3-2-4-8-23)31(37)34-27-9-5-6-10-27/h2-4,7-8,11-16,18,27,29H,5-6,9-10,17,19-21H2,1H3,(H,34,37)/t29-/m1/s1. The summed E-state index contributed by atoms with van der Waals surface area (Å²) >= 11 is 13.9. The molecule has 1 aliphatic carbocycles. The van der Waals surface area contributed by atoms with Crippen molar-refractivity contribution in [3.8, 4) is 0 Å². The van der Waals surface area contributed by atoms with Gasteiger partial charge < -0.3 is 10.2 Å². The van der Waals surface area contributed by atoms with Gasteiger partial charge in [-0.3, -0.25) is 9.59 Å². The fourth-order valence-electron chi connectivity index (χ4n) is 4.78. The minimum absolute atomic E-state index is 0.0665. The molecule has 3 aromatic carbocycles. The summed E-state index contributed by atoms with van der Waals surface area (Å²) < 4.78 is 0. The predicted molar refractivity (Wildman–Crippen MR) is 159 cm³/mol. The third-order valence-electron chi connectivity index (χ3n) is 6.94. The third kappa shape index (κ3) is 8.26. The van der Waals surface area contributed by atoms with Crippen molar-refractivity contribution in [2.45, 2.75) is 63.4 Å². The van der Waals surface area contributed by atoms with Crippen molar-refractivity contribution in [2.24, 2.45) is 0 Å². The number of nitrogens with zero attached hydrogens (tertiary/aromatic N) is 1. The van der Waals surface area contributed by atoms with E-state index >= 15 is 0 Å². The lowest BCUT2D eigenvalue weighted by Gasteiger charge is -2.32. The molecule has 4 rings (SSSR count). The molecule has 0 radical (unpaired) electrons. The van der Waals surface area contributed by atoms with Gasteiger partial charge in [-0.1, -0.05) is 102 Å². The van der Waals surface area contributed by atoms with E-state index in [1.807, 2.05) is 67.6 Å². The van der Waals surface area contributed by atoms with Crippen LogP contribution >= 0.6 is 35.0 Å². The molecule has 0 saturated heterocycles. The molecular weight excluding hydrogens is 535 g/mol. The van der Waals surface area contributed by atoms with Gasteiger partial charge in [-0.25, -0.2) is 0 Å². The van der Waals surface area contributed by atoms with Crippen molar-refractivity contribution in [3.05, 3.63) is 105 Å². The van der Waals surface area contributed by atoms with Crippen LogP contribution in [0.2, 0.25) is 10.0 Å². The summed E-state index contributed by atoms with van der Waals surface area (Å²) in [5.74, 6) is 0.681. The lowest BCUT2D eigenvalue weighted by Crippen LogP contribution is -2.52. The quantitative estimate of drug-likeness (QED) is 0.265. The van der Waals surface area contributed by atoms with Gasteiger partial charge in [-0.15, -0.1) is 11.8 Å². The maximum atomic E-state index is 13.8. The van der Waals surface area contributed by atoms with Crippen LogP contribution in [0.15, 0.2) is 72.8 Å². The summed E-state index contributed by atoms with van der Waals surface area (Å²) in [4.78, 5) is 29.3. The van der Waals surface area contributed by atoms with Crippen molar-refractivity contribution in [1.82, 2.24) is 10.2 Å². The first-order valence-corrected chi connectivity index (χ1v) is 15.0. The zero-order chi connectivity index (χ0) is 26.9. The molecule has 0 bridgehead atoms. The summed E-state index contributed by atoms with van der Waals surface area (Å²) in [6.07, 6.45) is 4.71. The Morgan fingerprint density at radius 3 is 2.37 bits per heavy atom. The Morgan fingerprint density at radius 1 is 0.974 bits per heavy atom. The summed E-state index contributed by atoms with van der Waals surface area (Å²) in [7, 11) is 0. The molecule has 200 valence electrons. The zero-order valence-corrected chi connectivity index (χ0v) is 24.0. The molecular formula is C31H34Cl2N2O2S. The number of benzene rings is 3. The molecule has 1 saturated carbocycles. The van der Waals surface area contributed by atoms with E-state index in [1.165, 1.54) is 11.8 Å². The van der Waals surface area contributed by atoms with Gasteiger partial charge in [0.05, 0.1) is 5.75 Å². The van der Waals surface area contributed by atoms with E-state index in [-0.39, 0.29) is 23.6 Å². The normalized spacial score (nSPS) is 14.3. The van der Waals surface area contributed by atoms with Crippen LogP contribution in [-0.2, 0) is 28.3 Å². The highest BCUT2D eigenvalue weighted by atomic mass is 35.5. The first-order chi connectivity index (χ1) is 18.4. The van der Waals surface area contributed by atoms with Crippen LogP contribution in [0.5, 0.6) is 0 Å². The average Bonchev–Trinajstić information content (AvgIpc) is 3.42. The second kappa shape index (κ2) is 14.1. The fourth-order valence-corrected chi connectivity index (χ4v) is 6.25. The number of hydrogen-bond acceptors (Lipinski definition) is 3. The Labute approximate surface area is 240 Å². The molecule has 1 atom stereocenters. The second-order valence-electron chi connectivity index (χ2n) is 9.93. The van der Waals surface area contributed by atoms with Crippen LogP contribution in [0, 0.1) is 6.92 Å². The molecule has 38 heavy (non-hydrogen) atoms. The molecule has 2 amide bonds. The summed E-state index contributed by atoms with van der Waals surface area (Å²) in [5.41, 5.74) is 4.11. The molecule has 0 spiro atoms. The summed E-state index contributed by atoms with van der Waals surface area (Å²) in [5, 5.41) is 4.43. The number of rotatable bonds is 11. The molecule has 3 aromatic rings. The lowest BCUT2D eigenvalue weighted by molar-refractivity contribution is -0.139. The Hall–Kier alpha value is -2.47. The van der Waals surface area contributed by atoms with Gasteiger partial charge in [0.25, 0.3) is 0 Å². The van der Waals surface area contributed by atoms with Gasteiger partial charge in [-0.05, 0) is 48.6 Å². The van der Waals surface area contributed by atoms with E-state index in [0.29, 0.717) is 28.8 Å². The van der Waals surface area contributed by atoms with Crippen molar-refractivity contribution < 1.29 is 9.59 Å². The van der Waals surface area contributed by atoms with Gasteiger partial charge >= 0.3 is 0 Å². The van der Waals surface area contributed by atoms with Crippen LogP contribution in [0.3, 0.4) is 0 Å². The van der Waals surface area contributed by atoms with E-state index in [0.717, 1.165) is 47.9 Å². The molecule has 1 N–H and O–H groups in total. The van der Waals surface area contributed by atoms with E-state index in [4.69, 9.17) is 23.2 Å². The van der Waals surface area contributed by atoms with Crippen LogP contribution in [0.4, 0.5) is 0 Å². The SMILES string of the molecule is Cc1ccc(CN(C(=O)CSCc2ccc(Cl)cc2Cl)[C@H](Cc2ccccc2)C(=O)NC2CCCC2)cc1. The fraction of sp³-hybridized carbons (Fsp3) is 0.355. The molecule has 0 aliphatic heterocycles. The van der Waals surface area contributed by atoms with Gasteiger partial charge in [0.2, 0.25) is 11.8 Å². The Bertz CT molecular complexity index is 1210. The van der Waals surface area contributed by atoms with E-state index < -0.39 is 6.04 Å². The first kappa shape index (κ1) is 28.5. The molecule has 4 nitrogen and oxygen atoms in total. The highest BCUT2D eigenvalue weighted by Gasteiger charge is 2.32.